The Morgan fingerprint density at radius 1 is 0.923 bits per heavy atom. The van der Waals surface area contributed by atoms with Crippen LogP contribution < -0.4 is 28.7 Å². The first-order chi connectivity index (χ1) is 18.4. The predicted molar refractivity (Wildman–Crippen MR) is 156 cm³/mol. The lowest BCUT2D eigenvalue weighted by Gasteiger charge is -2.42. The molecule has 0 aromatic carbocycles. The zero-order chi connectivity index (χ0) is 27.6. The molecule has 226 valence electrons. The molecule has 1 aliphatic heterocycles. The molecule has 2 atom stereocenters. The molecule has 0 fully saturated rings. The van der Waals surface area contributed by atoms with Crippen LogP contribution in [0.1, 0.15) is 130 Å². The summed E-state index contributed by atoms with van der Waals surface area (Å²) in [5, 5.41) is 0. The Morgan fingerprint density at radius 3 is 2.18 bits per heavy atom. The molecule has 0 saturated carbocycles. The number of quaternary nitrogens is 1. The number of carbonyl (C=O) groups excluding carboxylic acids is 1. The minimum atomic E-state index is -0.567. The molecule has 0 aliphatic carbocycles. The normalized spacial score (nSPS) is 17.8. The van der Waals surface area contributed by atoms with Gasteiger partial charge in [-0.2, -0.15) is 4.37 Å². The molecule has 1 aromatic heterocycles. The molecule has 0 saturated heterocycles. The number of rotatable bonds is 20. The molecule has 39 heavy (non-hydrogen) atoms. The summed E-state index contributed by atoms with van der Waals surface area (Å²) in [6.45, 7) is 10.5. The van der Waals surface area contributed by atoms with Crippen molar-refractivity contribution in [2.24, 2.45) is 0 Å². The van der Waals surface area contributed by atoms with Gasteiger partial charge >= 0.3 is 6.16 Å². The van der Waals surface area contributed by atoms with Crippen LogP contribution in [0.5, 0.6) is 5.88 Å². The van der Waals surface area contributed by atoms with Gasteiger partial charge in [-0.25, -0.2) is 4.79 Å². The fourth-order valence-corrected chi connectivity index (χ4v) is 5.64. The van der Waals surface area contributed by atoms with Crippen molar-refractivity contribution in [1.29, 1.82) is 0 Å². The van der Waals surface area contributed by atoms with Gasteiger partial charge in [-0.05, 0) is 26.7 Å². The zero-order valence-electron chi connectivity index (χ0n) is 25.2. The topological polar surface area (TPSA) is 70.5 Å². The molecule has 2 heterocycles. The highest BCUT2D eigenvalue weighted by molar-refractivity contribution is 6.99. The van der Waals surface area contributed by atoms with Crippen LogP contribution in [-0.4, -0.2) is 58.5 Å². The SMILES string of the molecule is CCCCCCCCCCCC(OC(=O)OC(C)C)[N+]1(C)CCC=C(c2nsnc2OCCCCCC)C1.[I-]. The van der Waals surface area contributed by atoms with Crippen molar-refractivity contribution >= 4 is 23.5 Å². The van der Waals surface area contributed by atoms with E-state index in [0.29, 0.717) is 17.0 Å². The highest BCUT2D eigenvalue weighted by atomic mass is 127. The van der Waals surface area contributed by atoms with E-state index in [-0.39, 0.29) is 36.3 Å². The molecule has 0 spiro atoms. The summed E-state index contributed by atoms with van der Waals surface area (Å²) in [5.41, 5.74) is 1.98. The van der Waals surface area contributed by atoms with Gasteiger partial charge in [-0.3, -0.25) is 4.48 Å². The molecule has 1 aromatic rings. The van der Waals surface area contributed by atoms with Crippen molar-refractivity contribution in [2.45, 2.75) is 136 Å². The van der Waals surface area contributed by atoms with E-state index >= 15 is 0 Å². The molecule has 0 radical (unpaired) electrons. The summed E-state index contributed by atoms with van der Waals surface area (Å²) in [7, 11) is 2.19. The van der Waals surface area contributed by atoms with Crippen LogP contribution in [0.2, 0.25) is 0 Å². The van der Waals surface area contributed by atoms with Crippen molar-refractivity contribution in [1.82, 2.24) is 8.75 Å². The quantitative estimate of drug-likeness (QED) is 0.0781. The van der Waals surface area contributed by atoms with E-state index in [2.05, 4.69) is 35.7 Å². The summed E-state index contributed by atoms with van der Waals surface area (Å²) < 4.78 is 27.1. The molecule has 0 amide bonds. The summed E-state index contributed by atoms with van der Waals surface area (Å²) in [6.07, 6.45) is 19.0. The summed E-state index contributed by atoms with van der Waals surface area (Å²) in [5.74, 6) is 0.641. The van der Waals surface area contributed by atoms with E-state index in [9.17, 15) is 4.79 Å². The maximum absolute atomic E-state index is 12.6. The Kier molecular flexibility index (Phi) is 19.3. The van der Waals surface area contributed by atoms with Crippen molar-refractivity contribution < 1.29 is 47.5 Å². The number of hydrogen-bond acceptors (Lipinski definition) is 7. The molecule has 7 nitrogen and oxygen atoms in total. The summed E-state index contributed by atoms with van der Waals surface area (Å²) in [6, 6.07) is 0. The number of halogens is 1. The van der Waals surface area contributed by atoms with E-state index in [1.165, 1.54) is 82.4 Å². The van der Waals surface area contributed by atoms with E-state index < -0.39 is 6.16 Å². The molecule has 0 N–H and O–H groups in total. The fourth-order valence-electron chi connectivity index (χ4n) is 5.11. The number of carbonyl (C=O) groups is 1. The highest BCUT2D eigenvalue weighted by Crippen LogP contribution is 2.33. The fraction of sp³-hybridized carbons (Fsp3) is 0.833. The number of nitrogens with zero attached hydrogens (tertiary/aromatic N) is 3. The van der Waals surface area contributed by atoms with Crippen molar-refractivity contribution in [3.8, 4) is 5.88 Å². The van der Waals surface area contributed by atoms with Crippen molar-refractivity contribution in [3.05, 3.63) is 11.8 Å². The van der Waals surface area contributed by atoms with Gasteiger partial charge in [-0.1, -0.05) is 90.6 Å². The van der Waals surface area contributed by atoms with Gasteiger partial charge in [0, 0.05) is 18.4 Å². The Bertz CT molecular complexity index is 820. The number of unbranched alkanes of at least 4 members (excludes halogenated alkanes) is 11. The number of hydrogen-bond donors (Lipinski definition) is 0. The molecule has 2 unspecified atom stereocenters. The molecule has 9 heteroatoms. The van der Waals surface area contributed by atoms with Gasteiger partial charge in [0.05, 0.1) is 38.0 Å². The zero-order valence-corrected chi connectivity index (χ0v) is 28.2. The Hall–Kier alpha value is -0.940. The molecule has 2 rings (SSSR count). The lowest BCUT2D eigenvalue weighted by Crippen LogP contribution is -3.00. The van der Waals surface area contributed by atoms with Crippen LogP contribution >= 0.6 is 11.7 Å². The second-order valence-corrected chi connectivity index (χ2v) is 11.8. The third kappa shape index (κ3) is 14.0. The minimum Gasteiger partial charge on any atom is -1.00 e. The lowest BCUT2D eigenvalue weighted by atomic mass is 10.0. The average Bonchev–Trinajstić information content (AvgIpc) is 3.35. The molecule has 1 aliphatic rings. The van der Waals surface area contributed by atoms with Crippen LogP contribution in [0.15, 0.2) is 6.08 Å². The lowest BCUT2D eigenvalue weighted by molar-refractivity contribution is -0.947. The second-order valence-electron chi connectivity index (χ2n) is 11.3. The Labute approximate surface area is 259 Å². The second kappa shape index (κ2) is 20.9. The molecule has 0 bridgehead atoms. The minimum absolute atomic E-state index is 0. The van der Waals surface area contributed by atoms with Crippen molar-refractivity contribution in [2.75, 3.05) is 26.7 Å². The van der Waals surface area contributed by atoms with Crippen molar-refractivity contribution in [3.63, 3.8) is 0 Å². The first-order valence-corrected chi connectivity index (χ1v) is 16.0. The predicted octanol–water partition coefficient (Wildman–Crippen LogP) is 5.54. The maximum Gasteiger partial charge on any atom is 0.513 e. The van der Waals surface area contributed by atoms with Gasteiger partial charge in [0.2, 0.25) is 6.23 Å². The molecular weight excluding hydrogens is 625 g/mol. The van der Waals surface area contributed by atoms with E-state index in [1.807, 2.05) is 13.8 Å². The van der Waals surface area contributed by atoms with Gasteiger partial charge < -0.3 is 38.2 Å². The van der Waals surface area contributed by atoms with E-state index in [0.717, 1.165) is 50.0 Å². The number of likely N-dealkylation sites (N-methyl/N-ethyl adjacent to an activating group) is 1. The van der Waals surface area contributed by atoms with Gasteiger partial charge in [0.1, 0.15) is 12.2 Å². The first-order valence-electron chi connectivity index (χ1n) is 15.3. The summed E-state index contributed by atoms with van der Waals surface area (Å²) >= 11 is 1.20. The Balaban J connectivity index is 0.00000760. The van der Waals surface area contributed by atoms with Gasteiger partial charge in [-0.15, -0.1) is 4.37 Å². The molecular formula is C30H54IN3O4S. The maximum atomic E-state index is 12.6. The largest absolute Gasteiger partial charge is 1.00 e. The third-order valence-corrected chi connectivity index (χ3v) is 7.89. The van der Waals surface area contributed by atoms with Crippen LogP contribution in [-0.2, 0) is 9.47 Å². The van der Waals surface area contributed by atoms with Crippen LogP contribution in [0.3, 0.4) is 0 Å². The van der Waals surface area contributed by atoms with E-state index in [1.54, 1.807) is 0 Å². The first kappa shape index (κ1) is 36.1. The highest BCUT2D eigenvalue weighted by Gasteiger charge is 2.39. The number of aromatic nitrogens is 2. The smallest absolute Gasteiger partial charge is 0.513 e. The third-order valence-electron chi connectivity index (χ3n) is 7.38. The monoisotopic (exact) mass is 679 g/mol. The summed E-state index contributed by atoms with van der Waals surface area (Å²) in [4.78, 5) is 12.6. The number of ether oxygens (including phenoxy) is 3. The van der Waals surface area contributed by atoms with Gasteiger partial charge in [0.15, 0.2) is 0 Å². The van der Waals surface area contributed by atoms with Gasteiger partial charge in [0.25, 0.3) is 5.88 Å². The van der Waals surface area contributed by atoms with Crippen LogP contribution in [0.25, 0.3) is 5.57 Å². The Morgan fingerprint density at radius 2 is 1.54 bits per heavy atom. The average molecular weight is 680 g/mol. The van der Waals surface area contributed by atoms with Crippen LogP contribution in [0, 0.1) is 0 Å². The van der Waals surface area contributed by atoms with Crippen LogP contribution in [0.4, 0.5) is 4.79 Å². The van der Waals surface area contributed by atoms with E-state index in [4.69, 9.17) is 14.2 Å². The standard InChI is InChI=1S/C30H54N3O4S.HI/c1-6-8-10-12-13-14-15-16-17-21-27(37-30(34)36-25(3)4)33(5)22-19-20-26(24-33)28-29(32-38-31-28)35-23-18-11-9-7-2;/h20,25,27H,6-19,21-24H2,1-5H3;1H/q+1;/p-1.